The highest BCUT2D eigenvalue weighted by molar-refractivity contribution is 6.06. The molecular weight excluding hydrogens is 651 g/mol. The standard InChI is InChI=1S/C53H37N/c1-5-18-38(19-6-1)44-36-37-51(47-27-14-13-26-46(44)47)54(42-24-11-4-12-25-42)43-34-32-39(33-35-43)45-29-17-31-50-52(45)48-28-15-16-30-49(48)53(50,40-20-7-2-8-21-40)41-22-9-3-10-23-41/h1-37H. The topological polar surface area (TPSA) is 3.24 Å². The zero-order valence-electron chi connectivity index (χ0n) is 29.8. The number of benzene rings is 9. The van der Waals surface area contributed by atoms with Gasteiger partial charge in [0.25, 0.3) is 0 Å². The van der Waals surface area contributed by atoms with Gasteiger partial charge in [0, 0.05) is 16.8 Å². The molecule has 0 saturated heterocycles. The van der Waals surface area contributed by atoms with E-state index in [0.29, 0.717) is 0 Å². The lowest BCUT2D eigenvalue weighted by molar-refractivity contribution is 0.768. The number of hydrogen-bond acceptors (Lipinski definition) is 1. The van der Waals surface area contributed by atoms with Crippen LogP contribution in [0.1, 0.15) is 22.3 Å². The molecule has 0 heterocycles. The molecule has 54 heavy (non-hydrogen) atoms. The van der Waals surface area contributed by atoms with Crippen LogP contribution in [0.2, 0.25) is 0 Å². The van der Waals surface area contributed by atoms with E-state index in [1.54, 1.807) is 0 Å². The number of fused-ring (bicyclic) bond motifs is 4. The Labute approximate surface area is 317 Å². The van der Waals surface area contributed by atoms with E-state index in [9.17, 15) is 0 Å². The van der Waals surface area contributed by atoms with Crippen molar-refractivity contribution in [2.24, 2.45) is 0 Å². The minimum atomic E-state index is -0.429. The fourth-order valence-corrected chi connectivity index (χ4v) is 8.88. The van der Waals surface area contributed by atoms with Gasteiger partial charge in [-0.05, 0) is 91.4 Å². The third kappa shape index (κ3) is 5.01. The second-order valence-corrected chi connectivity index (χ2v) is 14.0. The highest BCUT2D eigenvalue weighted by Gasteiger charge is 2.46. The van der Waals surface area contributed by atoms with Crippen LogP contribution in [0, 0.1) is 0 Å². The van der Waals surface area contributed by atoms with Crippen molar-refractivity contribution in [1.29, 1.82) is 0 Å². The minimum Gasteiger partial charge on any atom is -0.310 e. The van der Waals surface area contributed by atoms with Gasteiger partial charge in [-0.1, -0.05) is 194 Å². The molecule has 0 unspecified atom stereocenters. The average molecular weight is 688 g/mol. The summed E-state index contributed by atoms with van der Waals surface area (Å²) in [5, 5.41) is 2.44. The van der Waals surface area contributed by atoms with E-state index in [4.69, 9.17) is 0 Å². The van der Waals surface area contributed by atoms with Gasteiger partial charge in [-0.25, -0.2) is 0 Å². The van der Waals surface area contributed by atoms with Crippen molar-refractivity contribution in [2.45, 2.75) is 5.41 Å². The number of anilines is 3. The summed E-state index contributed by atoms with van der Waals surface area (Å²) in [6.07, 6.45) is 0. The summed E-state index contributed by atoms with van der Waals surface area (Å²) in [4.78, 5) is 2.39. The number of rotatable bonds is 7. The molecule has 0 N–H and O–H groups in total. The first kappa shape index (κ1) is 31.7. The summed E-state index contributed by atoms with van der Waals surface area (Å²) in [7, 11) is 0. The molecule has 0 saturated carbocycles. The van der Waals surface area contributed by atoms with E-state index >= 15 is 0 Å². The molecule has 0 atom stereocenters. The third-order valence-corrected chi connectivity index (χ3v) is 11.2. The molecule has 9 aromatic carbocycles. The van der Waals surface area contributed by atoms with E-state index < -0.39 is 5.41 Å². The first-order chi connectivity index (χ1) is 26.8. The SMILES string of the molecule is c1ccc(-c2ccc(N(c3ccccc3)c3ccc(-c4cccc5c4-c4ccccc4C5(c4ccccc4)c4ccccc4)cc3)c3ccccc23)cc1. The quantitative estimate of drug-likeness (QED) is 0.161. The van der Waals surface area contributed by atoms with Crippen LogP contribution in [0.4, 0.5) is 17.1 Å². The Balaban J connectivity index is 1.14. The van der Waals surface area contributed by atoms with E-state index in [2.05, 4.69) is 229 Å². The van der Waals surface area contributed by atoms with Crippen LogP contribution < -0.4 is 4.90 Å². The first-order valence-electron chi connectivity index (χ1n) is 18.7. The van der Waals surface area contributed by atoms with Gasteiger partial charge in [-0.3, -0.25) is 0 Å². The fourth-order valence-electron chi connectivity index (χ4n) is 8.88. The van der Waals surface area contributed by atoms with Crippen LogP contribution >= 0.6 is 0 Å². The normalized spacial score (nSPS) is 12.6. The molecule has 1 nitrogen and oxygen atoms in total. The van der Waals surface area contributed by atoms with E-state index in [0.717, 1.165) is 17.1 Å². The minimum absolute atomic E-state index is 0.429. The summed E-state index contributed by atoms with van der Waals surface area (Å²) >= 11 is 0. The predicted octanol–water partition coefficient (Wildman–Crippen LogP) is 14.0. The van der Waals surface area contributed by atoms with Gasteiger partial charge in [0.15, 0.2) is 0 Å². The molecule has 0 amide bonds. The Kier molecular flexibility index (Phi) is 7.78. The molecule has 1 aliphatic carbocycles. The molecule has 0 aromatic heterocycles. The van der Waals surface area contributed by atoms with Crippen molar-refractivity contribution in [3.8, 4) is 33.4 Å². The van der Waals surface area contributed by atoms with Crippen molar-refractivity contribution in [2.75, 3.05) is 4.90 Å². The molecule has 10 rings (SSSR count). The zero-order valence-corrected chi connectivity index (χ0v) is 29.8. The molecule has 1 heteroatoms. The van der Waals surface area contributed by atoms with Crippen molar-refractivity contribution in [1.82, 2.24) is 0 Å². The zero-order chi connectivity index (χ0) is 35.9. The second kappa shape index (κ2) is 13.2. The van der Waals surface area contributed by atoms with Crippen LogP contribution in [0.25, 0.3) is 44.2 Å². The lowest BCUT2D eigenvalue weighted by Crippen LogP contribution is -2.28. The Bertz CT molecular complexity index is 2700. The molecule has 0 bridgehead atoms. The maximum Gasteiger partial charge on any atom is 0.0713 e. The average Bonchev–Trinajstić information content (AvgIpc) is 3.57. The molecule has 9 aromatic rings. The molecule has 0 radical (unpaired) electrons. The van der Waals surface area contributed by atoms with E-state index in [-0.39, 0.29) is 0 Å². The second-order valence-electron chi connectivity index (χ2n) is 14.0. The fraction of sp³-hybridized carbons (Fsp3) is 0.0189. The van der Waals surface area contributed by atoms with Crippen molar-refractivity contribution in [3.05, 3.63) is 247 Å². The molecule has 0 spiro atoms. The summed E-state index contributed by atoms with van der Waals surface area (Å²) in [5.41, 5.74) is 15.6. The Morgan fingerprint density at radius 1 is 0.296 bits per heavy atom. The van der Waals surface area contributed by atoms with Crippen molar-refractivity contribution in [3.63, 3.8) is 0 Å². The summed E-state index contributed by atoms with van der Waals surface area (Å²) in [6, 6.07) is 81.8. The van der Waals surface area contributed by atoms with Gasteiger partial charge in [-0.2, -0.15) is 0 Å². The highest BCUT2D eigenvalue weighted by atomic mass is 15.1. The first-order valence-corrected chi connectivity index (χ1v) is 18.7. The molecule has 254 valence electrons. The molecule has 1 aliphatic rings. The van der Waals surface area contributed by atoms with Gasteiger partial charge in [-0.15, -0.1) is 0 Å². The van der Waals surface area contributed by atoms with Crippen molar-refractivity contribution < 1.29 is 0 Å². The van der Waals surface area contributed by atoms with Gasteiger partial charge in [0.2, 0.25) is 0 Å². The monoisotopic (exact) mass is 687 g/mol. The number of para-hydroxylation sites is 1. The van der Waals surface area contributed by atoms with Crippen LogP contribution in [0.15, 0.2) is 224 Å². The van der Waals surface area contributed by atoms with Gasteiger partial charge < -0.3 is 4.90 Å². The van der Waals surface area contributed by atoms with Gasteiger partial charge in [0.1, 0.15) is 0 Å². The smallest absolute Gasteiger partial charge is 0.0713 e. The van der Waals surface area contributed by atoms with Crippen molar-refractivity contribution >= 4 is 27.8 Å². The van der Waals surface area contributed by atoms with Crippen LogP contribution in [-0.4, -0.2) is 0 Å². The third-order valence-electron chi connectivity index (χ3n) is 11.2. The molecule has 0 fully saturated rings. The Morgan fingerprint density at radius 3 is 1.48 bits per heavy atom. The summed E-state index contributed by atoms with van der Waals surface area (Å²) < 4.78 is 0. The highest BCUT2D eigenvalue weighted by Crippen LogP contribution is 2.58. The lowest BCUT2D eigenvalue weighted by atomic mass is 9.67. The summed E-state index contributed by atoms with van der Waals surface area (Å²) in [6.45, 7) is 0. The number of hydrogen-bond donors (Lipinski definition) is 0. The largest absolute Gasteiger partial charge is 0.310 e. The molecule has 0 aliphatic heterocycles. The molecular formula is C53H37N. The lowest BCUT2D eigenvalue weighted by Gasteiger charge is -2.34. The maximum absolute atomic E-state index is 2.39. The summed E-state index contributed by atoms with van der Waals surface area (Å²) in [5.74, 6) is 0. The van der Waals surface area contributed by atoms with Gasteiger partial charge in [0.05, 0.1) is 11.1 Å². The maximum atomic E-state index is 2.39. The number of nitrogens with zero attached hydrogens (tertiary/aromatic N) is 1. The van der Waals surface area contributed by atoms with Crippen LogP contribution in [0.3, 0.4) is 0 Å². The Hall–Kier alpha value is -6.96. The Morgan fingerprint density at radius 2 is 0.796 bits per heavy atom. The van der Waals surface area contributed by atoms with E-state index in [1.165, 1.54) is 66.4 Å². The van der Waals surface area contributed by atoms with Crippen LogP contribution in [0.5, 0.6) is 0 Å². The van der Waals surface area contributed by atoms with Crippen LogP contribution in [-0.2, 0) is 5.41 Å². The predicted molar refractivity (Wildman–Crippen MR) is 227 cm³/mol. The van der Waals surface area contributed by atoms with E-state index in [1.807, 2.05) is 0 Å². The van der Waals surface area contributed by atoms with Gasteiger partial charge >= 0.3 is 0 Å².